The van der Waals surface area contributed by atoms with Gasteiger partial charge in [0, 0.05) is 10.9 Å². The van der Waals surface area contributed by atoms with Crippen LogP contribution in [-0.2, 0) is 16.2 Å². The predicted octanol–water partition coefficient (Wildman–Crippen LogP) is 5.25. The van der Waals surface area contributed by atoms with Crippen molar-refractivity contribution in [1.29, 1.82) is 0 Å². The van der Waals surface area contributed by atoms with Gasteiger partial charge in [0.15, 0.2) is 0 Å². The third kappa shape index (κ3) is 6.17. The maximum absolute atomic E-state index is 12.8. The van der Waals surface area contributed by atoms with Gasteiger partial charge in [0.2, 0.25) is 0 Å². The molecule has 0 spiro atoms. The van der Waals surface area contributed by atoms with Crippen molar-refractivity contribution >= 4 is 28.2 Å². The topological polar surface area (TPSA) is 43.4 Å². The van der Waals surface area contributed by atoms with Gasteiger partial charge in [0.05, 0.1) is 18.2 Å². The average molecular weight is 385 g/mol. The molecule has 0 radical (unpaired) electrons. The second kappa shape index (κ2) is 11.2. The van der Waals surface area contributed by atoms with Crippen molar-refractivity contribution in [3.63, 3.8) is 0 Å². The van der Waals surface area contributed by atoms with Crippen LogP contribution < -0.4 is 0 Å². The summed E-state index contributed by atoms with van der Waals surface area (Å²) in [7, 11) is 1.06. The zero-order valence-electron chi connectivity index (χ0n) is 13.2. The van der Waals surface area contributed by atoms with Crippen LogP contribution in [0.25, 0.3) is 0 Å². The number of esters is 1. The quantitative estimate of drug-likeness (QED) is 0.406. The Hall–Kier alpha value is -1.37. The molecule has 1 aromatic carbocycles. The minimum Gasteiger partial charge on any atom is -0.465 e. The maximum atomic E-state index is 12.8. The highest BCUT2D eigenvalue weighted by Gasteiger charge is 2.35. The number of halogens is 4. The number of rotatable bonds is 3. The van der Waals surface area contributed by atoms with Crippen LogP contribution in [0.2, 0.25) is 0 Å². The normalized spacial score (nSPS) is 9.68. The number of carbonyl (C=O) groups is 2. The van der Waals surface area contributed by atoms with Gasteiger partial charge in [-0.2, -0.15) is 13.2 Å². The molecule has 0 saturated heterocycles. The van der Waals surface area contributed by atoms with Crippen LogP contribution in [0.4, 0.5) is 13.2 Å². The molecule has 0 N–H and O–H groups in total. The first-order valence-corrected chi connectivity index (χ1v) is 7.80. The lowest BCUT2D eigenvalue weighted by molar-refractivity contribution is -0.138. The van der Waals surface area contributed by atoms with Gasteiger partial charge in [0.1, 0.15) is 6.29 Å². The lowest BCUT2D eigenvalue weighted by Gasteiger charge is -2.15. The van der Waals surface area contributed by atoms with Crippen LogP contribution in [0, 0.1) is 0 Å². The predicted molar refractivity (Wildman–Crippen MR) is 83.5 cm³/mol. The lowest BCUT2D eigenvalue weighted by Crippen LogP contribution is -2.15. The molecule has 0 atom stereocenters. The summed E-state index contributed by atoms with van der Waals surface area (Å²) in [6.45, 7) is 8.00. The second-order valence-electron chi connectivity index (χ2n) is 3.34. The molecule has 0 aromatic heterocycles. The number of ether oxygens (including phenoxy) is 1. The molecule has 0 aliphatic carbocycles. The number of methoxy groups -OCH3 is 1. The summed E-state index contributed by atoms with van der Waals surface area (Å²) in [5.74, 6) is -0.918. The van der Waals surface area contributed by atoms with Gasteiger partial charge in [-0.1, -0.05) is 43.6 Å². The van der Waals surface area contributed by atoms with Crippen molar-refractivity contribution in [3.8, 4) is 0 Å². The van der Waals surface area contributed by atoms with Crippen LogP contribution in [-0.4, -0.2) is 19.4 Å². The fourth-order valence-corrected chi connectivity index (χ4v) is 2.06. The molecule has 0 unspecified atom stereocenters. The van der Waals surface area contributed by atoms with E-state index >= 15 is 0 Å². The minimum atomic E-state index is -4.65. The molecule has 22 heavy (non-hydrogen) atoms. The fraction of sp³-hybridized carbons (Fsp3) is 0.467. The van der Waals surface area contributed by atoms with E-state index in [0.717, 1.165) is 13.2 Å². The Morgan fingerprint density at radius 2 is 1.73 bits per heavy atom. The van der Waals surface area contributed by atoms with Crippen molar-refractivity contribution in [2.45, 2.75) is 39.2 Å². The van der Waals surface area contributed by atoms with Crippen molar-refractivity contribution < 1.29 is 27.5 Å². The van der Waals surface area contributed by atoms with Crippen LogP contribution in [0.15, 0.2) is 12.1 Å². The van der Waals surface area contributed by atoms with Gasteiger partial charge < -0.3 is 4.74 Å². The molecule has 0 heterocycles. The first kappa shape index (κ1) is 22.9. The van der Waals surface area contributed by atoms with E-state index < -0.39 is 17.7 Å². The van der Waals surface area contributed by atoms with E-state index in [1.807, 2.05) is 27.7 Å². The monoisotopic (exact) mass is 384 g/mol. The Balaban J connectivity index is 0. The number of hydrogen-bond acceptors (Lipinski definition) is 3. The first-order chi connectivity index (χ1) is 10.3. The largest absolute Gasteiger partial charge is 0.465 e. The van der Waals surface area contributed by atoms with Crippen LogP contribution in [0.5, 0.6) is 0 Å². The molecular formula is C15H20BrF3O3. The number of hydrogen-bond donors (Lipinski definition) is 0. The lowest BCUT2D eigenvalue weighted by atomic mass is 9.98. The standard InChI is InChI=1S/C11H8BrF3O3.2C2H6/c1-18-10(17)7-2-6(5-16)3-9(8(7)4-12)11(13,14)15;2*1-2/h2-3,5H,4H2,1H3;2*1-2H3. The summed E-state index contributed by atoms with van der Waals surface area (Å²) in [4.78, 5) is 22.0. The zero-order valence-corrected chi connectivity index (χ0v) is 14.8. The van der Waals surface area contributed by atoms with E-state index in [0.29, 0.717) is 6.07 Å². The Kier molecular flexibility index (Phi) is 11.7. The highest BCUT2D eigenvalue weighted by molar-refractivity contribution is 9.08. The highest BCUT2D eigenvalue weighted by Crippen LogP contribution is 2.35. The smallest absolute Gasteiger partial charge is 0.416 e. The first-order valence-electron chi connectivity index (χ1n) is 6.68. The number of benzene rings is 1. The summed E-state index contributed by atoms with van der Waals surface area (Å²) in [6, 6.07) is 1.78. The molecule has 7 heteroatoms. The van der Waals surface area contributed by atoms with Gasteiger partial charge in [-0.15, -0.1) is 0 Å². The summed E-state index contributed by atoms with van der Waals surface area (Å²) in [5.41, 5.74) is -1.77. The van der Waals surface area contributed by atoms with Crippen LogP contribution in [0.1, 0.15) is 59.5 Å². The van der Waals surface area contributed by atoms with E-state index in [1.54, 1.807) is 0 Å². The van der Waals surface area contributed by atoms with E-state index in [1.165, 1.54) is 0 Å². The van der Waals surface area contributed by atoms with E-state index in [9.17, 15) is 22.8 Å². The Bertz CT molecular complexity index is 486. The number of alkyl halides is 4. The minimum absolute atomic E-state index is 0.175. The van der Waals surface area contributed by atoms with Crippen molar-refractivity contribution in [1.82, 2.24) is 0 Å². The van der Waals surface area contributed by atoms with E-state index in [2.05, 4.69) is 20.7 Å². The van der Waals surface area contributed by atoms with Crippen LogP contribution >= 0.6 is 15.9 Å². The van der Waals surface area contributed by atoms with Crippen molar-refractivity contribution in [2.75, 3.05) is 7.11 Å². The second-order valence-corrected chi connectivity index (χ2v) is 3.90. The molecule has 3 nitrogen and oxygen atoms in total. The maximum Gasteiger partial charge on any atom is 0.416 e. The Labute approximate surface area is 137 Å². The average Bonchev–Trinajstić information content (AvgIpc) is 2.55. The summed E-state index contributed by atoms with van der Waals surface area (Å²) in [6.07, 6.45) is -4.40. The molecule has 0 fully saturated rings. The molecule has 0 aliphatic rings. The van der Waals surface area contributed by atoms with E-state index in [4.69, 9.17) is 0 Å². The molecule has 1 rings (SSSR count). The van der Waals surface area contributed by atoms with Gasteiger partial charge in [0.25, 0.3) is 0 Å². The third-order valence-electron chi connectivity index (χ3n) is 2.25. The molecular weight excluding hydrogens is 365 g/mol. The summed E-state index contributed by atoms with van der Waals surface area (Å²) in [5, 5.41) is -0.175. The van der Waals surface area contributed by atoms with Crippen molar-refractivity contribution in [3.05, 3.63) is 34.4 Å². The Morgan fingerprint density at radius 3 is 2.05 bits per heavy atom. The molecule has 0 bridgehead atoms. The van der Waals surface area contributed by atoms with Crippen molar-refractivity contribution in [2.24, 2.45) is 0 Å². The molecule has 0 amide bonds. The third-order valence-corrected chi connectivity index (χ3v) is 2.81. The molecule has 0 aliphatic heterocycles. The molecule has 0 saturated carbocycles. The van der Waals surface area contributed by atoms with Gasteiger partial charge in [-0.25, -0.2) is 4.79 Å². The Morgan fingerprint density at radius 1 is 1.23 bits per heavy atom. The molecule has 1 aromatic rings. The van der Waals surface area contributed by atoms with Gasteiger partial charge in [-0.05, 0) is 17.7 Å². The summed E-state index contributed by atoms with van der Waals surface area (Å²) >= 11 is 2.90. The zero-order chi connectivity index (χ0) is 17.9. The van der Waals surface area contributed by atoms with Gasteiger partial charge >= 0.3 is 12.1 Å². The highest BCUT2D eigenvalue weighted by atomic mass is 79.9. The summed E-state index contributed by atoms with van der Waals surface area (Å²) < 4.78 is 42.8. The fourth-order valence-electron chi connectivity index (χ4n) is 1.45. The number of aldehydes is 1. The SMILES string of the molecule is CC.CC.COC(=O)c1cc(C=O)cc(C(F)(F)F)c1CBr. The van der Waals surface area contributed by atoms with Crippen LogP contribution in [0.3, 0.4) is 0 Å². The molecule has 126 valence electrons. The number of carbonyl (C=O) groups excluding carboxylic acids is 2. The van der Waals surface area contributed by atoms with E-state index in [-0.39, 0.29) is 28.3 Å². The van der Waals surface area contributed by atoms with Gasteiger partial charge in [-0.3, -0.25) is 4.79 Å².